The molecule has 0 aromatic carbocycles. The maximum atomic E-state index is 5.34. The van der Waals surface area contributed by atoms with E-state index in [1.54, 1.807) is 11.3 Å². The van der Waals surface area contributed by atoms with Crippen molar-refractivity contribution in [1.82, 2.24) is 19.7 Å². The van der Waals surface area contributed by atoms with E-state index in [-0.39, 0.29) is 0 Å². The Kier molecular flexibility index (Phi) is 3.07. The normalized spacial score (nSPS) is 17.0. The van der Waals surface area contributed by atoms with Crippen LogP contribution in [0.2, 0.25) is 0 Å². The summed E-state index contributed by atoms with van der Waals surface area (Å²) in [5.41, 5.74) is 3.13. The third-order valence-corrected chi connectivity index (χ3v) is 4.62. The van der Waals surface area contributed by atoms with Gasteiger partial charge < -0.3 is 0 Å². The molecule has 1 aliphatic carbocycles. The molecule has 1 fully saturated rings. The molecule has 6 heteroatoms. The van der Waals surface area contributed by atoms with E-state index in [9.17, 15) is 0 Å². The highest BCUT2D eigenvalue weighted by atomic mass is 32.1. The minimum Gasteiger partial charge on any atom is -0.297 e. The Morgan fingerprint density at radius 2 is 2.39 bits per heavy atom. The molecule has 0 radical (unpaired) electrons. The molecular weight excluding hydrogens is 264 g/mol. The van der Waals surface area contributed by atoms with E-state index < -0.39 is 0 Å². The van der Waals surface area contributed by atoms with Crippen molar-refractivity contribution >= 4 is 23.6 Å². The number of nitrogens with one attached hydrogen (secondary N) is 1. The highest BCUT2D eigenvalue weighted by molar-refractivity contribution is 7.71. The summed E-state index contributed by atoms with van der Waals surface area (Å²) < 4.78 is 2.82. The van der Waals surface area contributed by atoms with Gasteiger partial charge in [0.1, 0.15) is 0 Å². The summed E-state index contributed by atoms with van der Waals surface area (Å²) in [4.78, 5) is 5.69. The van der Waals surface area contributed by atoms with Crippen molar-refractivity contribution < 1.29 is 0 Å². The van der Waals surface area contributed by atoms with E-state index in [1.807, 2.05) is 5.51 Å². The second-order valence-corrected chi connectivity index (χ2v) is 6.06. The molecule has 1 unspecified atom stereocenters. The number of aromatic amines is 1. The maximum Gasteiger partial charge on any atom is 0.195 e. The lowest BCUT2D eigenvalue weighted by Crippen LogP contribution is -2.06. The fourth-order valence-corrected chi connectivity index (χ4v) is 3.30. The second kappa shape index (κ2) is 4.59. The Hall–Kier alpha value is -1.01. The molecule has 2 aromatic rings. The van der Waals surface area contributed by atoms with Crippen LogP contribution in [0.25, 0.3) is 10.7 Å². The first-order valence-electron chi connectivity index (χ1n) is 6.33. The second-order valence-electron chi connectivity index (χ2n) is 4.82. The Labute approximate surface area is 115 Å². The quantitative estimate of drug-likeness (QED) is 0.864. The van der Waals surface area contributed by atoms with Crippen molar-refractivity contribution in [1.29, 1.82) is 0 Å². The van der Waals surface area contributed by atoms with Crippen LogP contribution >= 0.6 is 23.6 Å². The van der Waals surface area contributed by atoms with Gasteiger partial charge in [0.05, 0.1) is 16.1 Å². The molecular formula is C12H16N4S2. The summed E-state index contributed by atoms with van der Waals surface area (Å²) in [7, 11) is 0. The van der Waals surface area contributed by atoms with E-state index in [2.05, 4.69) is 33.6 Å². The lowest BCUT2D eigenvalue weighted by atomic mass is 10.2. The van der Waals surface area contributed by atoms with Crippen molar-refractivity contribution in [3.8, 4) is 10.7 Å². The number of nitrogens with zero attached hydrogens (tertiary/aromatic N) is 3. The smallest absolute Gasteiger partial charge is 0.195 e. The predicted octanol–water partition coefficient (Wildman–Crippen LogP) is 3.91. The van der Waals surface area contributed by atoms with Crippen LogP contribution in [-0.4, -0.2) is 19.7 Å². The molecule has 1 atom stereocenters. The first kappa shape index (κ1) is 12.0. The van der Waals surface area contributed by atoms with Crippen LogP contribution in [0, 0.1) is 4.77 Å². The molecule has 1 N–H and O–H groups in total. The number of hydrogen-bond acceptors (Lipinski definition) is 4. The van der Waals surface area contributed by atoms with E-state index in [0.717, 1.165) is 12.2 Å². The van der Waals surface area contributed by atoms with Crippen LogP contribution < -0.4 is 0 Å². The van der Waals surface area contributed by atoms with E-state index >= 15 is 0 Å². The van der Waals surface area contributed by atoms with Crippen molar-refractivity contribution in [2.75, 3.05) is 0 Å². The van der Waals surface area contributed by atoms with Gasteiger partial charge in [0.25, 0.3) is 0 Å². The van der Waals surface area contributed by atoms with Crippen molar-refractivity contribution in [2.24, 2.45) is 0 Å². The summed E-state index contributed by atoms with van der Waals surface area (Å²) >= 11 is 7.01. The molecule has 18 heavy (non-hydrogen) atoms. The number of thiazole rings is 1. The van der Waals surface area contributed by atoms with Gasteiger partial charge >= 0.3 is 0 Å². The van der Waals surface area contributed by atoms with Gasteiger partial charge in [0.2, 0.25) is 0 Å². The molecule has 0 bridgehead atoms. The molecule has 1 saturated carbocycles. The van der Waals surface area contributed by atoms with Gasteiger partial charge in [-0.25, -0.2) is 4.98 Å². The van der Waals surface area contributed by atoms with Gasteiger partial charge in [-0.2, -0.15) is 5.10 Å². The molecule has 0 amide bonds. The lowest BCUT2D eigenvalue weighted by molar-refractivity contribution is 0.529. The van der Waals surface area contributed by atoms with Gasteiger partial charge in [-0.1, -0.05) is 6.92 Å². The van der Waals surface area contributed by atoms with Gasteiger partial charge in [-0.15, -0.1) is 11.3 Å². The minimum absolute atomic E-state index is 0.361. The largest absolute Gasteiger partial charge is 0.297 e. The molecule has 0 saturated heterocycles. The summed E-state index contributed by atoms with van der Waals surface area (Å²) in [6, 6.07) is 0.361. The third-order valence-electron chi connectivity index (χ3n) is 3.50. The summed E-state index contributed by atoms with van der Waals surface area (Å²) in [6.07, 6.45) is 3.55. The van der Waals surface area contributed by atoms with Gasteiger partial charge in [0.15, 0.2) is 10.6 Å². The van der Waals surface area contributed by atoms with Crippen molar-refractivity contribution in [3.63, 3.8) is 0 Å². The zero-order valence-corrected chi connectivity index (χ0v) is 12.1. The number of H-pyrrole nitrogens is 1. The maximum absolute atomic E-state index is 5.34. The Balaban J connectivity index is 2.11. The Bertz CT molecular complexity index is 606. The summed E-state index contributed by atoms with van der Waals surface area (Å²) in [5.74, 6) is 1.60. The van der Waals surface area contributed by atoms with Crippen LogP contribution in [0.15, 0.2) is 5.51 Å². The molecule has 4 nitrogen and oxygen atoms in total. The third kappa shape index (κ3) is 1.93. The Morgan fingerprint density at radius 3 is 3.06 bits per heavy atom. The number of hydrogen-bond donors (Lipinski definition) is 1. The highest BCUT2D eigenvalue weighted by Crippen LogP contribution is 2.45. The fraction of sp³-hybridized carbons (Fsp3) is 0.583. The molecule has 2 aromatic heterocycles. The zero-order valence-electron chi connectivity index (χ0n) is 10.5. The summed E-state index contributed by atoms with van der Waals surface area (Å²) in [5, 5.41) is 7.34. The monoisotopic (exact) mass is 280 g/mol. The average molecular weight is 280 g/mol. The Morgan fingerprint density at radius 1 is 1.61 bits per heavy atom. The number of rotatable bonds is 4. The SMILES string of the molecule is CCC(C)n1c(-c2scnc2C2CC2)n[nH]c1=S. The van der Waals surface area contributed by atoms with Crippen LogP contribution in [0.1, 0.15) is 50.8 Å². The van der Waals surface area contributed by atoms with Crippen molar-refractivity contribution in [3.05, 3.63) is 16.0 Å². The van der Waals surface area contributed by atoms with E-state index in [0.29, 0.717) is 16.7 Å². The number of aromatic nitrogens is 4. The van der Waals surface area contributed by atoms with Crippen LogP contribution in [0.4, 0.5) is 0 Å². The molecule has 3 rings (SSSR count). The minimum atomic E-state index is 0.361. The van der Waals surface area contributed by atoms with E-state index in [1.165, 1.54) is 23.4 Å². The topological polar surface area (TPSA) is 46.5 Å². The fourth-order valence-electron chi connectivity index (χ4n) is 2.13. The molecule has 2 heterocycles. The van der Waals surface area contributed by atoms with E-state index in [4.69, 9.17) is 12.2 Å². The molecule has 1 aliphatic rings. The molecule has 0 spiro atoms. The highest BCUT2D eigenvalue weighted by Gasteiger charge is 2.30. The molecule has 0 aliphatic heterocycles. The first-order chi connectivity index (χ1) is 8.72. The van der Waals surface area contributed by atoms with Gasteiger partial charge in [-0.05, 0) is 38.4 Å². The first-order valence-corrected chi connectivity index (χ1v) is 7.61. The van der Waals surface area contributed by atoms with Crippen LogP contribution in [0.3, 0.4) is 0 Å². The zero-order chi connectivity index (χ0) is 12.7. The lowest BCUT2D eigenvalue weighted by Gasteiger charge is -2.12. The van der Waals surface area contributed by atoms with Gasteiger partial charge in [-0.3, -0.25) is 9.67 Å². The molecule has 96 valence electrons. The van der Waals surface area contributed by atoms with Crippen LogP contribution in [-0.2, 0) is 0 Å². The average Bonchev–Trinajstić information content (AvgIpc) is 2.98. The van der Waals surface area contributed by atoms with Gasteiger partial charge in [0, 0.05) is 12.0 Å². The summed E-state index contributed by atoms with van der Waals surface area (Å²) in [6.45, 7) is 4.34. The van der Waals surface area contributed by atoms with Crippen LogP contribution in [0.5, 0.6) is 0 Å². The van der Waals surface area contributed by atoms with Crippen molar-refractivity contribution in [2.45, 2.75) is 45.1 Å². The predicted molar refractivity (Wildman–Crippen MR) is 75.5 cm³/mol. The standard InChI is InChI=1S/C12H16N4S2/c1-3-7(2)16-11(14-15-12(16)17)10-9(8-4-5-8)13-6-18-10/h6-8H,3-5H2,1-2H3,(H,15,17).